The van der Waals surface area contributed by atoms with Crippen molar-refractivity contribution in [2.24, 2.45) is 0 Å². The van der Waals surface area contributed by atoms with Crippen LogP contribution in [0.4, 0.5) is 0 Å². The van der Waals surface area contributed by atoms with Crippen LogP contribution in [0.1, 0.15) is 37.4 Å². The Hall–Kier alpha value is -1.97. The zero-order chi connectivity index (χ0) is 21.0. The second-order valence-electron chi connectivity index (χ2n) is 7.33. The van der Waals surface area contributed by atoms with Gasteiger partial charge in [-0.15, -0.1) is 0 Å². The molecule has 0 spiro atoms. The lowest BCUT2D eigenvalue weighted by Crippen LogP contribution is -2.42. The minimum Gasteiger partial charge on any atom is -0.351 e. The molecule has 1 fully saturated rings. The quantitative estimate of drug-likeness (QED) is 0.533. The third kappa shape index (κ3) is 5.77. The Morgan fingerprint density at radius 2 is 1.93 bits per heavy atom. The third-order valence-electron chi connectivity index (χ3n) is 4.54. The van der Waals surface area contributed by atoms with Gasteiger partial charge in [0.1, 0.15) is 6.04 Å². The third-order valence-corrected chi connectivity index (χ3v) is 6.43. The second-order valence-corrected chi connectivity index (χ2v) is 9.48. The van der Waals surface area contributed by atoms with Crippen LogP contribution >= 0.6 is 11.6 Å². The Balaban J connectivity index is 1.58. The van der Waals surface area contributed by atoms with Gasteiger partial charge in [-0.3, -0.25) is 4.79 Å². The van der Waals surface area contributed by atoms with E-state index >= 15 is 0 Å². The lowest BCUT2D eigenvalue weighted by atomic mass is 10.0. The zero-order valence-corrected chi connectivity index (χ0v) is 17.8. The highest BCUT2D eigenvalue weighted by Gasteiger charge is 2.30. The molecule has 7 nitrogen and oxygen atoms in total. The summed E-state index contributed by atoms with van der Waals surface area (Å²) in [5.74, 6) is -0.157. The largest absolute Gasteiger partial charge is 0.351 e. The Labute approximate surface area is 176 Å². The van der Waals surface area contributed by atoms with Crippen LogP contribution in [-0.4, -0.2) is 26.4 Å². The van der Waals surface area contributed by atoms with Gasteiger partial charge in [0.2, 0.25) is 15.9 Å². The van der Waals surface area contributed by atoms with E-state index in [1.807, 2.05) is 24.3 Å². The number of carbonyl (C=O) groups excluding carboxylic acids is 1. The number of carbonyl (C=O) groups is 1. The van der Waals surface area contributed by atoms with Gasteiger partial charge in [-0.25, -0.2) is 24.0 Å². The van der Waals surface area contributed by atoms with Crippen molar-refractivity contribution in [3.8, 4) is 0 Å². The highest BCUT2D eigenvalue weighted by atomic mass is 35.5. The molecule has 2 atom stereocenters. The van der Waals surface area contributed by atoms with Gasteiger partial charge >= 0.3 is 0 Å². The fraction of sp³-hybridized carbons (Fsp3) is 0.350. The summed E-state index contributed by atoms with van der Waals surface area (Å²) in [6, 6.07) is 13.5. The minimum atomic E-state index is -3.57. The fourth-order valence-corrected chi connectivity index (χ4v) is 4.70. The molecule has 4 N–H and O–H groups in total. The van der Waals surface area contributed by atoms with Gasteiger partial charge in [0, 0.05) is 23.7 Å². The average molecular weight is 437 g/mol. The van der Waals surface area contributed by atoms with Crippen molar-refractivity contribution >= 4 is 27.5 Å². The Morgan fingerprint density at radius 1 is 1.17 bits per heavy atom. The van der Waals surface area contributed by atoms with Crippen LogP contribution in [0.2, 0.25) is 5.02 Å². The van der Waals surface area contributed by atoms with Gasteiger partial charge in [0.25, 0.3) is 0 Å². The summed E-state index contributed by atoms with van der Waals surface area (Å²) in [5, 5.41) is 3.51. The average Bonchev–Trinajstić information content (AvgIpc) is 3.16. The lowest BCUT2D eigenvalue weighted by molar-refractivity contribution is -0.123. The first-order chi connectivity index (χ1) is 13.7. The maximum Gasteiger partial charge on any atom is 0.240 e. The molecular formula is C20H25ClN4O3S. The van der Waals surface area contributed by atoms with Crippen molar-refractivity contribution in [1.82, 2.24) is 20.9 Å². The summed E-state index contributed by atoms with van der Waals surface area (Å²) in [6.07, 6.45) is 0.582. The molecule has 9 heteroatoms. The number of halogens is 1. The van der Waals surface area contributed by atoms with Crippen molar-refractivity contribution in [3.05, 3.63) is 64.7 Å². The van der Waals surface area contributed by atoms with Crippen molar-refractivity contribution in [2.45, 2.75) is 49.8 Å². The molecule has 2 unspecified atom stereocenters. The molecular weight excluding hydrogens is 412 g/mol. The summed E-state index contributed by atoms with van der Waals surface area (Å²) in [4.78, 5) is 12.7. The van der Waals surface area contributed by atoms with Crippen molar-refractivity contribution < 1.29 is 13.2 Å². The zero-order valence-electron chi connectivity index (χ0n) is 16.3. The number of amides is 1. The molecule has 0 aliphatic carbocycles. The molecule has 1 aliphatic rings. The van der Waals surface area contributed by atoms with Crippen molar-refractivity contribution in [2.75, 3.05) is 0 Å². The summed E-state index contributed by atoms with van der Waals surface area (Å²) in [7, 11) is -3.57. The number of sulfonamides is 1. The van der Waals surface area contributed by atoms with Crippen LogP contribution in [-0.2, 0) is 21.4 Å². The minimum absolute atomic E-state index is 0.0139. The standard InChI is InChI=1S/C20H25ClN4O3S/c1-13(2)25-29(27,28)17-8-3-5-14(9-17)12-22-20(26)19-11-18(23-24-19)15-6-4-7-16(21)10-15/h3-10,13,18-19,23-25H,11-12H2,1-2H3,(H,22,26). The molecule has 1 aliphatic heterocycles. The van der Waals surface area contributed by atoms with Crippen LogP contribution < -0.4 is 20.9 Å². The summed E-state index contributed by atoms with van der Waals surface area (Å²) in [6.45, 7) is 3.77. The Bertz CT molecular complexity index is 981. The molecule has 2 aromatic rings. The molecule has 1 heterocycles. The van der Waals surface area contributed by atoms with E-state index in [-0.39, 0.29) is 29.4 Å². The van der Waals surface area contributed by atoms with E-state index in [2.05, 4.69) is 20.9 Å². The van der Waals surface area contributed by atoms with Crippen LogP contribution in [0.5, 0.6) is 0 Å². The van der Waals surface area contributed by atoms with E-state index in [9.17, 15) is 13.2 Å². The summed E-state index contributed by atoms with van der Waals surface area (Å²) >= 11 is 6.04. The van der Waals surface area contributed by atoms with Gasteiger partial charge in [-0.2, -0.15) is 0 Å². The molecule has 2 aromatic carbocycles. The van der Waals surface area contributed by atoms with E-state index in [1.54, 1.807) is 32.0 Å². The van der Waals surface area contributed by atoms with Crippen molar-refractivity contribution in [1.29, 1.82) is 0 Å². The highest BCUT2D eigenvalue weighted by Crippen LogP contribution is 2.24. The molecule has 0 saturated carbocycles. The topological polar surface area (TPSA) is 99.3 Å². The summed E-state index contributed by atoms with van der Waals surface area (Å²) < 4.78 is 27.2. The van der Waals surface area contributed by atoms with Crippen LogP contribution in [0.15, 0.2) is 53.4 Å². The molecule has 1 saturated heterocycles. The van der Waals surface area contributed by atoms with Gasteiger partial charge in [-0.05, 0) is 55.7 Å². The fourth-order valence-electron chi connectivity index (χ4n) is 3.18. The first kappa shape index (κ1) is 21.7. The molecule has 0 aromatic heterocycles. The van der Waals surface area contributed by atoms with Crippen LogP contribution in [0.3, 0.4) is 0 Å². The SMILES string of the molecule is CC(C)NS(=O)(=O)c1cccc(CNC(=O)C2CC(c3cccc(Cl)c3)NN2)c1. The van der Waals surface area contributed by atoms with Gasteiger partial charge in [0.15, 0.2) is 0 Å². The number of hydrogen-bond donors (Lipinski definition) is 4. The molecule has 0 bridgehead atoms. The summed E-state index contributed by atoms with van der Waals surface area (Å²) in [5.41, 5.74) is 7.85. The van der Waals surface area contributed by atoms with Crippen molar-refractivity contribution in [3.63, 3.8) is 0 Å². The first-order valence-corrected chi connectivity index (χ1v) is 11.3. The molecule has 156 valence electrons. The van der Waals surface area contributed by atoms with Crippen LogP contribution in [0.25, 0.3) is 0 Å². The van der Waals surface area contributed by atoms with Gasteiger partial charge < -0.3 is 5.32 Å². The van der Waals surface area contributed by atoms with E-state index in [0.717, 1.165) is 5.56 Å². The number of hydrazine groups is 1. The molecule has 1 amide bonds. The van der Waals surface area contributed by atoms with E-state index in [1.165, 1.54) is 6.07 Å². The Kier molecular flexibility index (Phi) is 6.92. The number of benzene rings is 2. The number of nitrogens with one attached hydrogen (secondary N) is 4. The number of rotatable bonds is 7. The molecule has 0 radical (unpaired) electrons. The van der Waals surface area contributed by atoms with E-state index in [4.69, 9.17) is 11.6 Å². The van der Waals surface area contributed by atoms with Gasteiger partial charge in [-0.1, -0.05) is 35.9 Å². The maximum absolute atomic E-state index is 12.5. The second kappa shape index (κ2) is 9.23. The normalized spacial score (nSPS) is 19.4. The predicted octanol–water partition coefficient (Wildman–Crippen LogP) is 2.25. The Morgan fingerprint density at radius 3 is 2.66 bits per heavy atom. The smallest absolute Gasteiger partial charge is 0.240 e. The first-order valence-electron chi connectivity index (χ1n) is 9.40. The predicted molar refractivity (Wildman–Crippen MR) is 113 cm³/mol. The highest BCUT2D eigenvalue weighted by molar-refractivity contribution is 7.89. The van der Waals surface area contributed by atoms with Gasteiger partial charge in [0.05, 0.1) is 4.90 Å². The maximum atomic E-state index is 12.5. The monoisotopic (exact) mass is 436 g/mol. The van der Waals surface area contributed by atoms with Crippen LogP contribution in [0, 0.1) is 0 Å². The number of hydrogen-bond acceptors (Lipinski definition) is 5. The lowest BCUT2D eigenvalue weighted by Gasteiger charge is -2.13. The molecule has 3 rings (SSSR count). The van der Waals surface area contributed by atoms with E-state index in [0.29, 0.717) is 17.0 Å². The van der Waals surface area contributed by atoms with E-state index < -0.39 is 16.1 Å². The molecule has 29 heavy (non-hydrogen) atoms.